The van der Waals surface area contributed by atoms with Gasteiger partial charge in [-0.2, -0.15) is 4.79 Å². The molecule has 1 unspecified atom stereocenters. The predicted octanol–water partition coefficient (Wildman–Crippen LogP) is -1.99. The van der Waals surface area contributed by atoms with E-state index in [9.17, 15) is 9.59 Å². The summed E-state index contributed by atoms with van der Waals surface area (Å²) in [6, 6.07) is 0. The lowest BCUT2D eigenvalue weighted by Gasteiger charge is -2.02. The van der Waals surface area contributed by atoms with Crippen molar-refractivity contribution in [1.82, 2.24) is 0 Å². The van der Waals surface area contributed by atoms with Crippen LogP contribution in [0.5, 0.6) is 0 Å². The first kappa shape index (κ1) is 5.58. The smallest absolute Gasteiger partial charge is 0.474 e. The monoisotopic (exact) mass is 133 g/mol. The number of nitrogens with one attached hydrogen (secondary N) is 1. The van der Waals surface area contributed by atoms with Crippen molar-refractivity contribution in [3.05, 3.63) is 0 Å². The number of imide groups is 1. The number of ether oxygens (including phenoxy) is 1. The summed E-state index contributed by atoms with van der Waals surface area (Å²) in [5, 5.41) is 0. The summed E-state index contributed by atoms with van der Waals surface area (Å²) in [6.45, 7) is -0.169. The van der Waals surface area contributed by atoms with Crippen LogP contribution in [-0.2, 0) is 22.3 Å². The Balaban J connectivity index is 2.70. The number of carbonyl (C=O) groups is 2. The normalized spacial score (nSPS) is 28.4. The van der Waals surface area contributed by atoms with E-state index in [1.807, 2.05) is 0 Å². The van der Waals surface area contributed by atoms with Crippen LogP contribution in [0.25, 0.3) is 0 Å². The highest BCUT2D eigenvalue weighted by atomic mass is 32.1. The summed E-state index contributed by atoms with van der Waals surface area (Å²) in [6.07, 6.45) is -0.662. The van der Waals surface area contributed by atoms with Gasteiger partial charge in [0.25, 0.3) is 0 Å². The molecule has 1 N–H and O–H groups in total. The van der Waals surface area contributed by atoms with E-state index in [0.717, 1.165) is 0 Å². The minimum atomic E-state index is -0.662. The van der Waals surface area contributed by atoms with Gasteiger partial charge in [0.1, 0.15) is 0 Å². The first-order chi connectivity index (χ1) is 3.72. The van der Waals surface area contributed by atoms with Gasteiger partial charge in [-0.25, -0.2) is 4.79 Å². The van der Waals surface area contributed by atoms with Crippen molar-refractivity contribution in [2.75, 3.05) is 6.61 Å². The first-order valence-corrected chi connectivity index (χ1v) is 2.37. The average molecular weight is 133 g/mol. The second-order valence-corrected chi connectivity index (χ2v) is 1.74. The maximum absolute atomic E-state index is 10.3. The highest BCUT2D eigenvalue weighted by Crippen LogP contribution is 1.78. The molecule has 0 aliphatic carbocycles. The molecule has 1 saturated heterocycles. The third-order valence-corrected chi connectivity index (χ3v) is 1.17. The Labute approximate surface area is 51.0 Å². The van der Waals surface area contributed by atoms with E-state index < -0.39 is 6.09 Å². The van der Waals surface area contributed by atoms with Crippen LogP contribution in [0, 0.1) is 0 Å². The predicted molar refractivity (Wildman–Crippen MR) is 24.7 cm³/mol. The van der Waals surface area contributed by atoms with Gasteiger partial charge in [-0.3, -0.25) is 4.31 Å². The van der Waals surface area contributed by atoms with Crippen LogP contribution in [-0.4, -0.2) is 18.6 Å². The van der Waals surface area contributed by atoms with Gasteiger partial charge in [-0.15, -0.1) is 0 Å². The van der Waals surface area contributed by atoms with Gasteiger partial charge in [0, 0.05) is 0 Å². The molecular weight excluding hydrogens is 130 g/mol. The van der Waals surface area contributed by atoms with Crippen LogP contribution in [0.1, 0.15) is 0 Å². The van der Waals surface area contributed by atoms with Crippen LogP contribution < -0.4 is 4.31 Å². The van der Waals surface area contributed by atoms with Crippen molar-refractivity contribution in [3.63, 3.8) is 0 Å². The average Bonchev–Trinajstić information content (AvgIpc) is 1.98. The number of rotatable bonds is 0. The van der Waals surface area contributed by atoms with Crippen molar-refractivity contribution >= 4 is 24.8 Å². The summed E-state index contributed by atoms with van der Waals surface area (Å²) in [5.74, 6) is -0.384. The number of quaternary nitrogens is 1. The molecule has 0 radical (unpaired) electrons. The zero-order valence-corrected chi connectivity index (χ0v) is 4.66. The highest BCUT2D eigenvalue weighted by Gasteiger charge is 2.28. The zero-order valence-electron chi connectivity index (χ0n) is 3.84. The number of hydrogen-bond donors (Lipinski definition) is 1. The van der Waals surface area contributed by atoms with Gasteiger partial charge in [-0.1, -0.05) is 0 Å². The van der Waals surface area contributed by atoms with Crippen LogP contribution in [0.2, 0.25) is 0 Å². The van der Waals surface area contributed by atoms with Crippen molar-refractivity contribution < 1.29 is 18.6 Å². The molecule has 0 aromatic carbocycles. The van der Waals surface area contributed by atoms with E-state index in [4.69, 9.17) is 0 Å². The molecular formula is C3H3NO3S. The van der Waals surface area contributed by atoms with Crippen LogP contribution in [0.15, 0.2) is 0 Å². The molecule has 0 aromatic heterocycles. The molecule has 0 saturated carbocycles. The van der Waals surface area contributed by atoms with E-state index >= 15 is 0 Å². The number of hydrogen-bond acceptors (Lipinski definition) is 4. The Kier molecular flexibility index (Phi) is 1.22. The summed E-state index contributed by atoms with van der Waals surface area (Å²) in [5.41, 5.74) is 0. The fourth-order valence-electron chi connectivity index (χ4n) is 0.376. The topological polar surface area (TPSA) is 47.8 Å². The first-order valence-electron chi connectivity index (χ1n) is 1.96. The Morgan fingerprint density at radius 3 is 2.38 bits per heavy atom. The van der Waals surface area contributed by atoms with Crippen molar-refractivity contribution in [1.29, 1.82) is 0 Å². The molecule has 1 aliphatic heterocycles. The Morgan fingerprint density at radius 1 is 1.62 bits per heavy atom. The van der Waals surface area contributed by atoms with E-state index in [2.05, 4.69) is 17.6 Å². The lowest BCUT2D eigenvalue weighted by Crippen LogP contribution is -3.10. The van der Waals surface area contributed by atoms with Crippen molar-refractivity contribution in [2.45, 2.75) is 0 Å². The lowest BCUT2D eigenvalue weighted by molar-refractivity contribution is -0.566. The number of cyclic esters (lactones) is 1. The molecule has 0 aromatic rings. The third kappa shape index (κ3) is 0.696. The minimum Gasteiger partial charge on any atom is -0.474 e. The summed E-state index contributed by atoms with van der Waals surface area (Å²) in [7, 11) is 0. The molecule has 1 rings (SSSR count). The van der Waals surface area contributed by atoms with E-state index in [0.29, 0.717) is 0 Å². The van der Waals surface area contributed by atoms with Crippen LogP contribution in [0.3, 0.4) is 0 Å². The second kappa shape index (κ2) is 1.75. The molecule has 1 atom stereocenters. The molecule has 1 aliphatic rings. The summed E-state index contributed by atoms with van der Waals surface area (Å²) >= 11 is 4.34. The number of carbonyl (C=O) groups excluding carboxylic acids is 2. The molecule has 1 fully saturated rings. The molecule has 2 amide bonds. The van der Waals surface area contributed by atoms with Crippen LogP contribution >= 0.6 is 0 Å². The fraction of sp³-hybridized carbons (Fsp3) is 0.333. The van der Waals surface area contributed by atoms with Crippen molar-refractivity contribution in [2.24, 2.45) is 0 Å². The van der Waals surface area contributed by atoms with Gasteiger partial charge in [-0.05, 0) is 0 Å². The van der Waals surface area contributed by atoms with E-state index in [-0.39, 0.29) is 16.8 Å². The van der Waals surface area contributed by atoms with Gasteiger partial charge in [0.2, 0.25) is 6.61 Å². The summed E-state index contributed by atoms with van der Waals surface area (Å²) < 4.78 is 4.04. The van der Waals surface area contributed by atoms with Crippen LogP contribution in [0.4, 0.5) is 4.79 Å². The minimum absolute atomic E-state index is 0.169. The van der Waals surface area contributed by atoms with Gasteiger partial charge in [0.05, 0.1) is 0 Å². The Morgan fingerprint density at radius 2 is 2.25 bits per heavy atom. The van der Waals surface area contributed by atoms with Crippen molar-refractivity contribution in [3.8, 4) is 0 Å². The lowest BCUT2D eigenvalue weighted by atomic mass is 10.7. The number of alkyl carbamates (subject to hydrolysis) is 1. The van der Waals surface area contributed by atoms with E-state index in [1.165, 1.54) is 0 Å². The molecule has 44 valence electrons. The van der Waals surface area contributed by atoms with Gasteiger partial charge < -0.3 is 17.6 Å². The molecule has 0 bridgehead atoms. The quantitative estimate of drug-likeness (QED) is 0.389. The summed E-state index contributed by atoms with van der Waals surface area (Å²) in [4.78, 5) is 20.5. The molecule has 4 nitrogen and oxygen atoms in total. The largest absolute Gasteiger partial charge is 0.504 e. The SMILES string of the molecule is O=C1COC(=O)[NH+]1[S-]. The molecule has 0 spiro atoms. The Bertz CT molecular complexity index is 129. The third-order valence-electron chi connectivity index (χ3n) is 0.773. The Hall–Kier alpha value is -0.550. The van der Waals surface area contributed by atoms with Gasteiger partial charge in [0.15, 0.2) is 0 Å². The number of amides is 2. The van der Waals surface area contributed by atoms with E-state index in [1.54, 1.807) is 0 Å². The highest BCUT2D eigenvalue weighted by molar-refractivity contribution is 7.52. The maximum atomic E-state index is 10.3. The maximum Gasteiger partial charge on any atom is 0.504 e. The molecule has 8 heavy (non-hydrogen) atoms. The standard InChI is InChI=1S/C3H3NO3S/c5-2-1-7-3(6)4(2)8/h4H,1H2. The fourth-order valence-corrected chi connectivity index (χ4v) is 0.494. The second-order valence-electron chi connectivity index (χ2n) is 1.33. The zero-order chi connectivity index (χ0) is 6.15. The molecule has 5 heteroatoms. The molecule has 1 heterocycles. The van der Waals surface area contributed by atoms with Gasteiger partial charge >= 0.3 is 12.0 Å².